The van der Waals surface area contributed by atoms with E-state index < -0.39 is 0 Å². The highest BCUT2D eigenvalue weighted by Gasteiger charge is 2.25. The Morgan fingerprint density at radius 3 is 2.91 bits per heavy atom. The molecule has 0 bridgehead atoms. The van der Waals surface area contributed by atoms with Crippen molar-refractivity contribution in [3.63, 3.8) is 0 Å². The number of benzene rings is 1. The highest BCUT2D eigenvalue weighted by atomic mass is 32.2. The summed E-state index contributed by atoms with van der Waals surface area (Å²) in [4.78, 5) is 32.2. The number of thioether (sulfide) groups is 1. The summed E-state index contributed by atoms with van der Waals surface area (Å²) in [7, 11) is 0. The first kappa shape index (κ1) is 22.7. The SMILES string of the molecule is CCC1CCCCN1CCCNC(=O)c1ccc(/C=C2/SC3C=CC=CC3=NC2=O)cc1. The molecule has 1 saturated heterocycles. The molecular formula is C26H31N3O2S. The molecule has 0 aromatic heterocycles. The third kappa shape index (κ3) is 5.67. The molecule has 2 heterocycles. The van der Waals surface area contributed by atoms with E-state index in [1.54, 1.807) is 0 Å². The fourth-order valence-corrected chi connectivity index (χ4v) is 5.50. The third-order valence-electron chi connectivity index (χ3n) is 6.25. The Labute approximate surface area is 194 Å². The normalized spacial score (nSPS) is 24.3. The average Bonchev–Trinajstić information content (AvgIpc) is 2.83. The number of likely N-dealkylation sites (tertiary alicyclic amines) is 1. The number of piperidine rings is 1. The fraction of sp³-hybridized carbons (Fsp3) is 0.423. The molecule has 2 aliphatic heterocycles. The predicted molar refractivity (Wildman–Crippen MR) is 133 cm³/mol. The van der Waals surface area contributed by atoms with Crippen molar-refractivity contribution in [2.45, 2.75) is 50.3 Å². The first-order valence-electron chi connectivity index (χ1n) is 11.6. The molecule has 2 unspecified atom stereocenters. The van der Waals surface area contributed by atoms with E-state index in [-0.39, 0.29) is 17.1 Å². The zero-order valence-electron chi connectivity index (χ0n) is 18.6. The molecule has 2 atom stereocenters. The lowest BCUT2D eigenvalue weighted by molar-refractivity contribution is -0.113. The Morgan fingerprint density at radius 2 is 2.09 bits per heavy atom. The second-order valence-corrected chi connectivity index (χ2v) is 9.64. The third-order valence-corrected chi connectivity index (χ3v) is 7.45. The van der Waals surface area contributed by atoms with E-state index in [1.165, 1.54) is 44.0 Å². The minimum atomic E-state index is -0.206. The summed E-state index contributed by atoms with van der Waals surface area (Å²) in [6.45, 7) is 5.19. The van der Waals surface area contributed by atoms with Crippen LogP contribution < -0.4 is 5.32 Å². The second kappa shape index (κ2) is 10.9. The van der Waals surface area contributed by atoms with E-state index in [9.17, 15) is 9.59 Å². The van der Waals surface area contributed by atoms with Crippen LogP contribution in [0.15, 0.2) is 58.5 Å². The molecule has 1 aromatic carbocycles. The molecule has 3 aliphatic rings. The standard InChI is InChI=1S/C26H31N3O2S/c1-2-21-8-5-6-16-29(21)17-7-15-27-25(30)20-13-11-19(12-14-20)18-24-26(31)28-22-9-3-4-10-23(22)32-24/h3-4,9-14,18,21,23H,2,5-8,15-17H2,1H3,(H,27,30)/b24-18+. The van der Waals surface area contributed by atoms with Crippen LogP contribution in [0.1, 0.15) is 54.9 Å². The number of rotatable bonds is 7. The van der Waals surface area contributed by atoms with Gasteiger partial charge < -0.3 is 10.2 Å². The van der Waals surface area contributed by atoms with E-state index in [2.05, 4.69) is 22.1 Å². The molecule has 0 radical (unpaired) electrons. The van der Waals surface area contributed by atoms with Crippen LogP contribution in [-0.2, 0) is 4.79 Å². The number of nitrogens with one attached hydrogen (secondary N) is 1. The highest BCUT2D eigenvalue weighted by molar-refractivity contribution is 8.05. The van der Waals surface area contributed by atoms with Crippen molar-refractivity contribution in [1.82, 2.24) is 10.2 Å². The van der Waals surface area contributed by atoms with Crippen LogP contribution in [0.5, 0.6) is 0 Å². The monoisotopic (exact) mass is 449 g/mol. The van der Waals surface area contributed by atoms with Gasteiger partial charge in [-0.25, -0.2) is 4.99 Å². The summed E-state index contributed by atoms with van der Waals surface area (Å²) >= 11 is 1.52. The number of allylic oxidation sites excluding steroid dienone is 3. The first-order valence-corrected chi connectivity index (χ1v) is 12.5. The maximum Gasteiger partial charge on any atom is 0.283 e. The van der Waals surface area contributed by atoms with Crippen molar-refractivity contribution in [2.24, 2.45) is 4.99 Å². The number of nitrogens with zero attached hydrogens (tertiary/aromatic N) is 2. The van der Waals surface area contributed by atoms with Gasteiger partial charge in [0.15, 0.2) is 0 Å². The molecule has 6 heteroatoms. The van der Waals surface area contributed by atoms with Crippen molar-refractivity contribution in [3.8, 4) is 0 Å². The number of amides is 2. The largest absolute Gasteiger partial charge is 0.352 e. The molecule has 0 saturated carbocycles. The van der Waals surface area contributed by atoms with E-state index >= 15 is 0 Å². The molecule has 1 aliphatic carbocycles. The van der Waals surface area contributed by atoms with E-state index in [1.807, 2.05) is 54.6 Å². The molecule has 2 amide bonds. The summed E-state index contributed by atoms with van der Waals surface area (Å²) in [6, 6.07) is 8.10. The van der Waals surface area contributed by atoms with Crippen molar-refractivity contribution < 1.29 is 9.59 Å². The van der Waals surface area contributed by atoms with Crippen molar-refractivity contribution in [2.75, 3.05) is 19.6 Å². The predicted octanol–water partition coefficient (Wildman–Crippen LogP) is 4.62. The second-order valence-electron chi connectivity index (χ2n) is 8.46. The maximum absolute atomic E-state index is 12.5. The smallest absolute Gasteiger partial charge is 0.283 e. The Morgan fingerprint density at radius 1 is 1.25 bits per heavy atom. The minimum Gasteiger partial charge on any atom is -0.352 e. The summed E-state index contributed by atoms with van der Waals surface area (Å²) in [5.41, 5.74) is 2.33. The molecule has 0 spiro atoms. The van der Waals surface area contributed by atoms with Crippen LogP contribution in [0.4, 0.5) is 0 Å². The van der Waals surface area contributed by atoms with E-state index in [0.29, 0.717) is 23.1 Å². The van der Waals surface area contributed by atoms with E-state index in [4.69, 9.17) is 0 Å². The lowest BCUT2D eigenvalue weighted by atomic mass is 10.00. The summed E-state index contributed by atoms with van der Waals surface area (Å²) in [5, 5.41) is 3.13. The lowest BCUT2D eigenvalue weighted by Crippen LogP contribution is -2.40. The number of aliphatic imine (C=N–C) groups is 1. The van der Waals surface area contributed by atoms with Gasteiger partial charge in [-0.3, -0.25) is 9.59 Å². The Kier molecular flexibility index (Phi) is 7.76. The number of carbonyl (C=O) groups excluding carboxylic acids is 2. The van der Waals surface area contributed by atoms with Gasteiger partial charge >= 0.3 is 0 Å². The number of fused-ring (bicyclic) bond motifs is 1. The van der Waals surface area contributed by atoms with Crippen LogP contribution in [-0.4, -0.2) is 53.4 Å². The molecular weight excluding hydrogens is 418 g/mol. The van der Waals surface area contributed by atoms with Crippen LogP contribution in [0.25, 0.3) is 6.08 Å². The van der Waals surface area contributed by atoms with Gasteiger partial charge in [0.25, 0.3) is 11.8 Å². The molecule has 4 rings (SSSR count). The molecule has 32 heavy (non-hydrogen) atoms. The van der Waals surface area contributed by atoms with Gasteiger partial charge in [0.05, 0.1) is 15.9 Å². The van der Waals surface area contributed by atoms with Gasteiger partial charge in [-0.15, -0.1) is 11.8 Å². The van der Waals surface area contributed by atoms with Crippen LogP contribution >= 0.6 is 11.8 Å². The Bertz CT molecular complexity index is 962. The first-order chi connectivity index (χ1) is 15.6. The average molecular weight is 450 g/mol. The zero-order chi connectivity index (χ0) is 22.3. The van der Waals surface area contributed by atoms with Crippen LogP contribution in [0.3, 0.4) is 0 Å². The van der Waals surface area contributed by atoms with Crippen molar-refractivity contribution in [3.05, 3.63) is 64.6 Å². The molecule has 1 fully saturated rings. The summed E-state index contributed by atoms with van der Waals surface area (Å²) in [6.07, 6.45) is 15.8. The number of hydrogen-bond donors (Lipinski definition) is 1. The zero-order valence-corrected chi connectivity index (χ0v) is 19.4. The highest BCUT2D eigenvalue weighted by Crippen LogP contribution is 2.32. The summed E-state index contributed by atoms with van der Waals surface area (Å²) in [5.74, 6) is -0.256. The molecule has 5 nitrogen and oxygen atoms in total. The van der Waals surface area contributed by atoms with Crippen LogP contribution in [0, 0.1) is 0 Å². The van der Waals surface area contributed by atoms with Gasteiger partial charge in [-0.05, 0) is 62.1 Å². The van der Waals surface area contributed by atoms with Crippen LogP contribution in [0.2, 0.25) is 0 Å². The Balaban J connectivity index is 1.28. The minimum absolute atomic E-state index is 0.0496. The van der Waals surface area contributed by atoms with Gasteiger partial charge in [-0.1, -0.05) is 43.7 Å². The van der Waals surface area contributed by atoms with E-state index in [0.717, 1.165) is 24.2 Å². The maximum atomic E-state index is 12.5. The molecule has 1 N–H and O–H groups in total. The lowest BCUT2D eigenvalue weighted by Gasteiger charge is -2.35. The number of hydrogen-bond acceptors (Lipinski definition) is 4. The fourth-order valence-electron chi connectivity index (χ4n) is 4.45. The van der Waals surface area contributed by atoms with Crippen molar-refractivity contribution in [1.29, 1.82) is 0 Å². The van der Waals surface area contributed by atoms with Gasteiger partial charge in [0, 0.05) is 24.7 Å². The van der Waals surface area contributed by atoms with Gasteiger partial charge in [-0.2, -0.15) is 0 Å². The summed E-state index contributed by atoms with van der Waals surface area (Å²) < 4.78 is 0. The number of carbonyl (C=O) groups is 2. The topological polar surface area (TPSA) is 61.8 Å². The Hall–Kier alpha value is -2.44. The molecule has 168 valence electrons. The molecule has 1 aromatic rings. The van der Waals surface area contributed by atoms with Gasteiger partial charge in [0.2, 0.25) is 0 Å². The van der Waals surface area contributed by atoms with Crippen molar-refractivity contribution >= 4 is 35.4 Å². The quantitative estimate of drug-likeness (QED) is 0.487. The van der Waals surface area contributed by atoms with Gasteiger partial charge in [0.1, 0.15) is 0 Å².